The molecule has 0 aliphatic heterocycles. The Labute approximate surface area is 38.2 Å². The van der Waals surface area contributed by atoms with E-state index in [1.54, 1.807) is 0 Å². The number of hydrogen-bond donors (Lipinski definition) is 2. The minimum Gasteiger partial charge on any atom is -0.329 e. The zero-order chi connectivity index (χ0) is 4.83. The summed E-state index contributed by atoms with van der Waals surface area (Å²) >= 11 is 0. The van der Waals surface area contributed by atoms with E-state index in [-0.39, 0.29) is 0 Å². The first kappa shape index (κ1) is 5.50. The monoisotopic (exact) mass is 86.1 g/mol. The molecule has 0 saturated carbocycles. The van der Waals surface area contributed by atoms with Gasteiger partial charge in [0.2, 0.25) is 0 Å². The van der Waals surface area contributed by atoms with Crippen molar-refractivity contribution in [3.8, 4) is 0 Å². The van der Waals surface area contributed by atoms with Gasteiger partial charge in [-0.05, 0) is 6.92 Å². The minimum atomic E-state index is 1.82. The molecule has 0 amide bonds. The number of rotatable bonds is 2. The van der Waals surface area contributed by atoms with Gasteiger partial charge in [-0.25, -0.2) is 5.43 Å². The fraction of sp³-hybridized carbons (Fsp3) is 0.500. The van der Waals surface area contributed by atoms with Gasteiger partial charge < -0.3 is 5.43 Å². The maximum atomic E-state index is 2.77. The summed E-state index contributed by atoms with van der Waals surface area (Å²) in [5.41, 5.74) is 5.50. The fourth-order valence-electron chi connectivity index (χ4n) is 0.167. The van der Waals surface area contributed by atoms with Crippen LogP contribution in [0.25, 0.3) is 0 Å². The summed E-state index contributed by atoms with van der Waals surface area (Å²) in [6.07, 6.45) is 3.73. The van der Waals surface area contributed by atoms with Crippen LogP contribution in [0, 0.1) is 0 Å². The highest BCUT2D eigenvalue weighted by Crippen LogP contribution is 1.53. The molecule has 0 rings (SSSR count). The molecule has 0 heterocycles. The summed E-state index contributed by atoms with van der Waals surface area (Å²) in [4.78, 5) is 0. The Morgan fingerprint density at radius 3 is 2.33 bits per heavy atom. The third-order valence-electron chi connectivity index (χ3n) is 0.394. The third kappa shape index (κ3) is 3.50. The molecule has 6 heavy (non-hydrogen) atoms. The van der Waals surface area contributed by atoms with Crippen molar-refractivity contribution in [2.24, 2.45) is 0 Å². The molecule has 0 bridgehead atoms. The molecule has 0 fully saturated rings. The molecule has 0 aromatic rings. The molecular formula is C4H10N2. The molecule has 0 aromatic heterocycles. The van der Waals surface area contributed by atoms with Gasteiger partial charge in [-0.1, -0.05) is 6.08 Å². The quantitative estimate of drug-likeness (QED) is 0.470. The summed E-state index contributed by atoms with van der Waals surface area (Å²) in [5.74, 6) is 0. The Hall–Kier alpha value is -0.500. The normalized spacial score (nSPS) is 9.67. The Morgan fingerprint density at radius 1 is 1.50 bits per heavy atom. The molecule has 2 heteroatoms. The minimum absolute atomic E-state index is 1.82. The van der Waals surface area contributed by atoms with Crippen LogP contribution in [0.2, 0.25) is 0 Å². The topological polar surface area (TPSA) is 24.1 Å². The van der Waals surface area contributed by atoms with E-state index in [4.69, 9.17) is 0 Å². The maximum absolute atomic E-state index is 2.77. The summed E-state index contributed by atoms with van der Waals surface area (Å²) in [6, 6.07) is 0. The molecule has 36 valence electrons. The van der Waals surface area contributed by atoms with E-state index in [1.807, 2.05) is 26.2 Å². The van der Waals surface area contributed by atoms with E-state index in [2.05, 4.69) is 10.9 Å². The van der Waals surface area contributed by atoms with Gasteiger partial charge in [-0.2, -0.15) is 0 Å². The second-order valence-corrected chi connectivity index (χ2v) is 0.894. The van der Waals surface area contributed by atoms with Crippen LogP contribution in [0.1, 0.15) is 6.92 Å². The van der Waals surface area contributed by atoms with Crippen LogP contribution in [0.5, 0.6) is 0 Å². The van der Waals surface area contributed by atoms with Gasteiger partial charge in [0.1, 0.15) is 0 Å². The highest BCUT2D eigenvalue weighted by molar-refractivity contribution is 4.70. The molecular weight excluding hydrogens is 76.1 g/mol. The first-order chi connectivity index (χ1) is 2.91. The number of nitrogens with one attached hydrogen (secondary N) is 2. The Balaban J connectivity index is 2.66. The van der Waals surface area contributed by atoms with E-state index in [0.717, 1.165) is 0 Å². The van der Waals surface area contributed by atoms with Crippen molar-refractivity contribution in [3.63, 3.8) is 0 Å². The zero-order valence-electron chi connectivity index (χ0n) is 4.15. The standard InChI is InChI=1S/C4H10N2/c1-3-4-6-5-2/h3-6H,1-2H3/b4-3-. The van der Waals surface area contributed by atoms with Crippen molar-refractivity contribution in [2.75, 3.05) is 7.05 Å². The van der Waals surface area contributed by atoms with Crippen LogP contribution in [-0.2, 0) is 0 Å². The summed E-state index contributed by atoms with van der Waals surface area (Å²) in [6.45, 7) is 1.95. The van der Waals surface area contributed by atoms with Gasteiger partial charge >= 0.3 is 0 Å². The van der Waals surface area contributed by atoms with Crippen LogP contribution in [0.15, 0.2) is 12.3 Å². The first-order valence-corrected chi connectivity index (χ1v) is 1.95. The summed E-state index contributed by atoms with van der Waals surface area (Å²) < 4.78 is 0. The van der Waals surface area contributed by atoms with E-state index in [1.165, 1.54) is 0 Å². The lowest BCUT2D eigenvalue weighted by Crippen LogP contribution is -2.20. The van der Waals surface area contributed by atoms with Gasteiger partial charge in [0.15, 0.2) is 0 Å². The molecule has 0 radical (unpaired) electrons. The number of hydrogen-bond acceptors (Lipinski definition) is 2. The number of hydrazine groups is 1. The van der Waals surface area contributed by atoms with Crippen molar-refractivity contribution in [2.45, 2.75) is 6.92 Å². The summed E-state index contributed by atoms with van der Waals surface area (Å²) in [7, 11) is 1.82. The van der Waals surface area contributed by atoms with Gasteiger partial charge in [0, 0.05) is 13.2 Å². The predicted octanol–water partition coefficient (Wildman–Crippen LogP) is 0.244. The molecule has 2 nitrogen and oxygen atoms in total. The fourth-order valence-corrected chi connectivity index (χ4v) is 0.167. The van der Waals surface area contributed by atoms with Gasteiger partial charge in [0.25, 0.3) is 0 Å². The van der Waals surface area contributed by atoms with Crippen molar-refractivity contribution in [1.29, 1.82) is 0 Å². The van der Waals surface area contributed by atoms with Crippen molar-refractivity contribution >= 4 is 0 Å². The van der Waals surface area contributed by atoms with Crippen molar-refractivity contribution in [3.05, 3.63) is 12.3 Å². The van der Waals surface area contributed by atoms with Crippen LogP contribution in [-0.4, -0.2) is 7.05 Å². The van der Waals surface area contributed by atoms with Crippen LogP contribution >= 0.6 is 0 Å². The lowest BCUT2D eigenvalue weighted by Gasteiger charge is -1.89. The predicted molar refractivity (Wildman–Crippen MR) is 27.0 cm³/mol. The molecule has 2 N–H and O–H groups in total. The molecule has 0 aliphatic carbocycles. The molecule has 0 saturated heterocycles. The zero-order valence-corrected chi connectivity index (χ0v) is 4.15. The number of allylic oxidation sites excluding steroid dienone is 1. The smallest absolute Gasteiger partial charge is 0.00822 e. The third-order valence-corrected chi connectivity index (χ3v) is 0.394. The largest absolute Gasteiger partial charge is 0.329 e. The van der Waals surface area contributed by atoms with E-state index in [0.29, 0.717) is 0 Å². The van der Waals surface area contributed by atoms with Crippen molar-refractivity contribution in [1.82, 2.24) is 10.9 Å². The highest BCUT2D eigenvalue weighted by atomic mass is 15.3. The van der Waals surface area contributed by atoms with E-state index in [9.17, 15) is 0 Å². The molecule has 0 spiro atoms. The molecule has 0 unspecified atom stereocenters. The Kier molecular flexibility index (Phi) is 4.12. The Bertz CT molecular complexity index is 40.8. The van der Waals surface area contributed by atoms with Crippen LogP contribution in [0.4, 0.5) is 0 Å². The van der Waals surface area contributed by atoms with Crippen LogP contribution in [0.3, 0.4) is 0 Å². The maximum Gasteiger partial charge on any atom is 0.00822 e. The SMILES string of the molecule is C/C=C\NNC. The highest BCUT2D eigenvalue weighted by Gasteiger charge is 1.54. The van der Waals surface area contributed by atoms with Crippen LogP contribution < -0.4 is 10.9 Å². The van der Waals surface area contributed by atoms with Gasteiger partial charge in [0.05, 0.1) is 0 Å². The molecule has 0 aliphatic rings. The summed E-state index contributed by atoms with van der Waals surface area (Å²) in [5, 5.41) is 0. The first-order valence-electron chi connectivity index (χ1n) is 1.95. The average molecular weight is 86.1 g/mol. The average Bonchev–Trinajstić information content (AvgIpc) is 1.61. The second kappa shape index (κ2) is 4.50. The second-order valence-electron chi connectivity index (χ2n) is 0.894. The van der Waals surface area contributed by atoms with E-state index >= 15 is 0 Å². The van der Waals surface area contributed by atoms with E-state index < -0.39 is 0 Å². The lowest BCUT2D eigenvalue weighted by molar-refractivity contribution is 0.730. The Morgan fingerprint density at radius 2 is 2.17 bits per heavy atom. The molecule has 0 atom stereocenters. The lowest BCUT2D eigenvalue weighted by atomic mass is 10.7. The van der Waals surface area contributed by atoms with Crippen molar-refractivity contribution < 1.29 is 0 Å². The van der Waals surface area contributed by atoms with Gasteiger partial charge in [-0.15, -0.1) is 0 Å². The van der Waals surface area contributed by atoms with Gasteiger partial charge in [-0.3, -0.25) is 0 Å². The molecule has 0 aromatic carbocycles.